The SMILES string of the molecule is CN(C)CCc1c2nc(c(-c3ccccc3)c3ccc(cc4ccc([nH]4)c(-c4ccccc4)c4nc1C=C4)[nH]3)C=C2. The molecule has 0 radical (unpaired) electrons. The maximum atomic E-state index is 5.24. The average molecular weight is 534 g/mol. The zero-order valence-electron chi connectivity index (χ0n) is 23.2. The van der Waals surface area contributed by atoms with Crippen molar-refractivity contribution in [3.05, 3.63) is 119 Å². The van der Waals surface area contributed by atoms with Gasteiger partial charge in [0.2, 0.25) is 0 Å². The van der Waals surface area contributed by atoms with Crippen LogP contribution in [0, 0.1) is 0 Å². The van der Waals surface area contributed by atoms with E-state index in [0.717, 1.165) is 85.6 Å². The van der Waals surface area contributed by atoms with Crippen LogP contribution in [0.1, 0.15) is 28.3 Å². The molecule has 3 aromatic heterocycles. The van der Waals surface area contributed by atoms with Crippen molar-refractivity contribution in [1.29, 1.82) is 0 Å². The number of nitrogens with one attached hydrogen (secondary N) is 2. The number of hydrogen-bond acceptors (Lipinski definition) is 3. The van der Waals surface area contributed by atoms with E-state index in [0.29, 0.717) is 0 Å². The third-order valence-corrected chi connectivity index (χ3v) is 7.61. The Labute approximate surface area is 239 Å². The zero-order chi connectivity index (χ0) is 27.8. The van der Waals surface area contributed by atoms with E-state index in [2.05, 4.69) is 132 Å². The lowest BCUT2D eigenvalue weighted by atomic mass is 10.0. The first-order valence-corrected chi connectivity index (χ1v) is 14.0. The van der Waals surface area contributed by atoms with E-state index >= 15 is 0 Å². The summed E-state index contributed by atoms with van der Waals surface area (Å²) in [6, 6.07) is 31.7. The van der Waals surface area contributed by atoms with Crippen LogP contribution in [0.4, 0.5) is 0 Å². The normalized spacial score (nSPS) is 12.4. The van der Waals surface area contributed by atoms with Gasteiger partial charge in [-0.15, -0.1) is 0 Å². The smallest absolute Gasteiger partial charge is 0.0737 e. The second-order valence-corrected chi connectivity index (χ2v) is 10.7. The summed E-state index contributed by atoms with van der Waals surface area (Å²) in [7, 11) is 4.21. The summed E-state index contributed by atoms with van der Waals surface area (Å²) in [6.45, 7) is 0.903. The minimum atomic E-state index is 0.843. The number of nitrogens with zero attached hydrogens (tertiary/aromatic N) is 3. The fourth-order valence-electron chi connectivity index (χ4n) is 5.61. The predicted octanol–water partition coefficient (Wildman–Crippen LogP) is 8.09. The number of fused-ring (bicyclic) bond motifs is 8. The Morgan fingerprint density at radius 3 is 1.49 bits per heavy atom. The first kappa shape index (κ1) is 25.0. The van der Waals surface area contributed by atoms with Crippen LogP contribution < -0.4 is 0 Å². The van der Waals surface area contributed by atoms with Gasteiger partial charge in [0, 0.05) is 45.3 Å². The van der Waals surface area contributed by atoms with E-state index in [1.807, 2.05) is 12.1 Å². The van der Waals surface area contributed by atoms with Gasteiger partial charge in [0.05, 0.1) is 22.8 Å². The van der Waals surface area contributed by atoms with Crippen LogP contribution in [0.2, 0.25) is 0 Å². The van der Waals surface area contributed by atoms with Crippen LogP contribution >= 0.6 is 0 Å². The van der Waals surface area contributed by atoms with Crippen LogP contribution in [-0.4, -0.2) is 45.5 Å². The predicted molar refractivity (Wildman–Crippen MR) is 172 cm³/mol. The van der Waals surface area contributed by atoms with Crippen molar-refractivity contribution in [3.8, 4) is 22.3 Å². The minimum Gasteiger partial charge on any atom is -0.355 e. The molecule has 5 nitrogen and oxygen atoms in total. The van der Waals surface area contributed by atoms with Crippen molar-refractivity contribution in [2.45, 2.75) is 6.42 Å². The highest BCUT2D eigenvalue weighted by Gasteiger charge is 2.17. The summed E-state index contributed by atoms with van der Waals surface area (Å²) in [5.41, 5.74) is 13.5. The van der Waals surface area contributed by atoms with Gasteiger partial charge in [-0.25, -0.2) is 9.97 Å². The molecule has 7 rings (SSSR count). The summed E-state index contributed by atoms with van der Waals surface area (Å²) < 4.78 is 0. The van der Waals surface area contributed by atoms with E-state index in [1.165, 1.54) is 0 Å². The summed E-state index contributed by atoms with van der Waals surface area (Å²) in [5, 5.41) is 0. The van der Waals surface area contributed by atoms with Gasteiger partial charge in [0.1, 0.15) is 0 Å². The van der Waals surface area contributed by atoms with Gasteiger partial charge in [-0.2, -0.15) is 0 Å². The molecule has 0 atom stereocenters. The third kappa shape index (κ3) is 4.92. The summed E-state index contributed by atoms with van der Waals surface area (Å²) in [4.78, 5) is 20.0. The van der Waals surface area contributed by atoms with E-state index in [1.54, 1.807) is 0 Å². The molecule has 200 valence electrons. The fraction of sp³-hybridized carbons (Fsp3) is 0.111. The highest BCUT2D eigenvalue weighted by molar-refractivity contribution is 5.93. The Bertz CT molecular complexity index is 1820. The topological polar surface area (TPSA) is 60.6 Å². The van der Waals surface area contributed by atoms with Gasteiger partial charge >= 0.3 is 0 Å². The quantitative estimate of drug-likeness (QED) is 0.235. The molecule has 41 heavy (non-hydrogen) atoms. The number of H-pyrrole nitrogens is 2. The molecule has 2 aliphatic heterocycles. The highest BCUT2D eigenvalue weighted by atomic mass is 15.0. The summed E-state index contributed by atoms with van der Waals surface area (Å²) in [6.07, 6.45) is 9.40. The molecule has 0 fully saturated rings. The van der Waals surface area contributed by atoms with Crippen LogP contribution in [0.5, 0.6) is 0 Å². The van der Waals surface area contributed by atoms with Gasteiger partial charge in [0.25, 0.3) is 0 Å². The monoisotopic (exact) mass is 533 g/mol. The Morgan fingerprint density at radius 2 is 1.02 bits per heavy atom. The van der Waals surface area contributed by atoms with Crippen LogP contribution in [0.3, 0.4) is 0 Å². The second-order valence-electron chi connectivity index (χ2n) is 10.7. The first-order valence-electron chi connectivity index (χ1n) is 14.0. The first-order chi connectivity index (χ1) is 20.1. The maximum absolute atomic E-state index is 5.24. The van der Waals surface area contributed by atoms with Gasteiger partial charge < -0.3 is 14.9 Å². The Morgan fingerprint density at radius 1 is 0.561 bits per heavy atom. The van der Waals surface area contributed by atoms with Crippen molar-refractivity contribution in [1.82, 2.24) is 24.8 Å². The fourth-order valence-corrected chi connectivity index (χ4v) is 5.61. The lowest BCUT2D eigenvalue weighted by Gasteiger charge is -2.10. The molecule has 0 saturated heterocycles. The number of rotatable bonds is 5. The summed E-state index contributed by atoms with van der Waals surface area (Å²) in [5.74, 6) is 0. The van der Waals surface area contributed by atoms with Crippen molar-refractivity contribution in [2.24, 2.45) is 0 Å². The number of aromatic amines is 2. The van der Waals surface area contributed by atoms with Crippen molar-refractivity contribution in [2.75, 3.05) is 20.6 Å². The van der Waals surface area contributed by atoms with Gasteiger partial charge in [0.15, 0.2) is 0 Å². The van der Waals surface area contributed by atoms with E-state index in [4.69, 9.17) is 9.97 Å². The Balaban J connectivity index is 1.60. The molecule has 8 bridgehead atoms. The lowest BCUT2D eigenvalue weighted by Crippen LogP contribution is -2.16. The molecule has 0 aliphatic carbocycles. The third-order valence-electron chi connectivity index (χ3n) is 7.61. The standard InChI is InChI=1S/C36H31N5/c1-41(2)22-21-28-29-17-19-33(39-29)35(24-9-5-3-6-10-24)31-15-13-26(37-31)23-27-14-16-32(38-27)36(25-11-7-4-8-12-25)34-20-18-30(28)40-34/h3-20,23,37-38H,21-22H2,1-2H3. The van der Waals surface area contributed by atoms with Crippen LogP contribution in [0.25, 0.3) is 68.6 Å². The van der Waals surface area contributed by atoms with Crippen molar-refractivity contribution >= 4 is 46.4 Å². The molecule has 2 aromatic carbocycles. The molecule has 5 heteroatoms. The molecule has 0 amide bonds. The Kier molecular flexibility index (Phi) is 6.42. The largest absolute Gasteiger partial charge is 0.355 e. The zero-order valence-corrected chi connectivity index (χ0v) is 23.2. The average Bonchev–Trinajstić information content (AvgIpc) is 3.80. The number of hydrogen-bond donors (Lipinski definition) is 2. The molecule has 0 spiro atoms. The van der Waals surface area contributed by atoms with E-state index in [-0.39, 0.29) is 0 Å². The van der Waals surface area contributed by atoms with Crippen LogP contribution in [-0.2, 0) is 6.42 Å². The molecular formula is C36H31N5. The number of likely N-dealkylation sites (N-methyl/N-ethyl adjacent to an activating group) is 1. The molecule has 5 aromatic rings. The number of benzene rings is 2. The molecule has 0 unspecified atom stereocenters. The highest BCUT2D eigenvalue weighted by Crippen LogP contribution is 2.33. The lowest BCUT2D eigenvalue weighted by molar-refractivity contribution is 0.413. The molecule has 2 aliphatic rings. The van der Waals surface area contributed by atoms with E-state index < -0.39 is 0 Å². The molecule has 0 saturated carbocycles. The maximum Gasteiger partial charge on any atom is 0.0737 e. The van der Waals surface area contributed by atoms with Crippen molar-refractivity contribution in [3.63, 3.8) is 0 Å². The minimum absolute atomic E-state index is 0.843. The van der Waals surface area contributed by atoms with Gasteiger partial charge in [-0.05, 0) is 86.3 Å². The van der Waals surface area contributed by atoms with Crippen molar-refractivity contribution < 1.29 is 0 Å². The van der Waals surface area contributed by atoms with Gasteiger partial charge in [-0.3, -0.25) is 0 Å². The summed E-state index contributed by atoms with van der Waals surface area (Å²) >= 11 is 0. The molecule has 5 heterocycles. The van der Waals surface area contributed by atoms with Gasteiger partial charge in [-0.1, -0.05) is 60.7 Å². The molecular weight excluding hydrogens is 502 g/mol. The molecule has 2 N–H and O–H groups in total. The second kappa shape index (κ2) is 10.5. The van der Waals surface area contributed by atoms with Crippen LogP contribution in [0.15, 0.2) is 91.0 Å². The number of aromatic nitrogens is 4. The Hall–Kier alpha value is -5.00. The van der Waals surface area contributed by atoms with E-state index in [9.17, 15) is 0 Å².